The van der Waals surface area contributed by atoms with Crippen LogP contribution in [0, 0.1) is 0 Å². The van der Waals surface area contributed by atoms with Gasteiger partial charge in [0, 0.05) is 5.38 Å². The number of nitrogens with zero attached hydrogens (tertiary/aromatic N) is 1. The SMILES string of the molecule is CCCc1nc(C(N)(CC)CC)cs1. The van der Waals surface area contributed by atoms with Crippen molar-refractivity contribution in [3.63, 3.8) is 0 Å². The monoisotopic (exact) mass is 212 g/mol. The highest BCUT2D eigenvalue weighted by Gasteiger charge is 2.25. The summed E-state index contributed by atoms with van der Waals surface area (Å²) in [5, 5.41) is 3.34. The van der Waals surface area contributed by atoms with Crippen molar-refractivity contribution in [1.82, 2.24) is 4.98 Å². The lowest BCUT2D eigenvalue weighted by atomic mass is 9.91. The molecule has 2 nitrogen and oxygen atoms in total. The van der Waals surface area contributed by atoms with Gasteiger partial charge in [-0.3, -0.25) is 0 Å². The third kappa shape index (κ3) is 2.34. The maximum atomic E-state index is 6.27. The second-order valence-electron chi connectivity index (χ2n) is 3.74. The normalized spacial score (nSPS) is 12.0. The molecule has 3 heteroatoms. The molecule has 0 saturated carbocycles. The van der Waals surface area contributed by atoms with Gasteiger partial charge in [0.25, 0.3) is 0 Å². The minimum Gasteiger partial charge on any atom is -0.320 e. The maximum absolute atomic E-state index is 6.27. The Morgan fingerprint density at radius 1 is 1.36 bits per heavy atom. The van der Waals surface area contributed by atoms with Gasteiger partial charge in [0.15, 0.2) is 0 Å². The van der Waals surface area contributed by atoms with E-state index in [1.165, 1.54) is 5.01 Å². The van der Waals surface area contributed by atoms with Crippen molar-refractivity contribution < 1.29 is 0 Å². The Balaban J connectivity index is 2.84. The lowest BCUT2D eigenvalue weighted by molar-refractivity contribution is 0.402. The van der Waals surface area contributed by atoms with Crippen molar-refractivity contribution in [2.24, 2.45) is 5.73 Å². The van der Waals surface area contributed by atoms with Crippen molar-refractivity contribution in [1.29, 1.82) is 0 Å². The largest absolute Gasteiger partial charge is 0.320 e. The van der Waals surface area contributed by atoms with Gasteiger partial charge in [0.05, 0.1) is 16.2 Å². The number of aryl methyl sites for hydroxylation is 1. The van der Waals surface area contributed by atoms with Crippen LogP contribution in [-0.4, -0.2) is 4.98 Å². The molecule has 0 unspecified atom stereocenters. The number of thiazole rings is 1. The lowest BCUT2D eigenvalue weighted by Gasteiger charge is -2.24. The van der Waals surface area contributed by atoms with E-state index in [-0.39, 0.29) is 5.54 Å². The Hall–Kier alpha value is -0.410. The van der Waals surface area contributed by atoms with Crippen molar-refractivity contribution in [2.75, 3.05) is 0 Å². The van der Waals surface area contributed by atoms with E-state index in [4.69, 9.17) is 5.73 Å². The highest BCUT2D eigenvalue weighted by Crippen LogP contribution is 2.27. The summed E-state index contributed by atoms with van der Waals surface area (Å²) in [5.41, 5.74) is 7.15. The number of nitrogens with two attached hydrogens (primary N) is 1. The molecule has 0 bridgehead atoms. The van der Waals surface area contributed by atoms with Gasteiger partial charge in [0.1, 0.15) is 0 Å². The summed E-state index contributed by atoms with van der Waals surface area (Å²) < 4.78 is 0. The Kier molecular flexibility index (Phi) is 4.08. The zero-order chi connectivity index (χ0) is 10.6. The second-order valence-corrected chi connectivity index (χ2v) is 4.68. The Morgan fingerprint density at radius 3 is 2.50 bits per heavy atom. The van der Waals surface area contributed by atoms with Crippen LogP contribution in [0.5, 0.6) is 0 Å². The molecule has 0 saturated heterocycles. The highest BCUT2D eigenvalue weighted by atomic mass is 32.1. The Morgan fingerprint density at radius 2 is 2.00 bits per heavy atom. The van der Waals surface area contributed by atoms with Gasteiger partial charge in [-0.1, -0.05) is 20.8 Å². The Labute approximate surface area is 90.6 Å². The van der Waals surface area contributed by atoms with Crippen LogP contribution in [0.15, 0.2) is 5.38 Å². The number of hydrogen-bond donors (Lipinski definition) is 1. The van der Waals surface area contributed by atoms with Gasteiger partial charge in [-0.2, -0.15) is 0 Å². The van der Waals surface area contributed by atoms with E-state index in [0.717, 1.165) is 31.4 Å². The molecule has 1 heterocycles. The van der Waals surface area contributed by atoms with E-state index in [2.05, 4.69) is 31.1 Å². The fourth-order valence-electron chi connectivity index (χ4n) is 1.48. The molecule has 0 aromatic carbocycles. The molecule has 0 amide bonds. The van der Waals surface area contributed by atoms with E-state index in [1.54, 1.807) is 11.3 Å². The van der Waals surface area contributed by atoms with E-state index in [0.29, 0.717) is 0 Å². The lowest BCUT2D eigenvalue weighted by Crippen LogP contribution is -2.35. The molecule has 1 rings (SSSR count). The predicted octanol–water partition coefficient (Wildman–Crippen LogP) is 3.07. The van der Waals surface area contributed by atoms with E-state index >= 15 is 0 Å². The fraction of sp³-hybridized carbons (Fsp3) is 0.727. The summed E-state index contributed by atoms with van der Waals surface area (Å²) in [6, 6.07) is 0. The highest BCUT2D eigenvalue weighted by molar-refractivity contribution is 7.09. The van der Waals surface area contributed by atoms with Crippen LogP contribution in [0.3, 0.4) is 0 Å². The molecule has 1 aromatic heterocycles. The van der Waals surface area contributed by atoms with Gasteiger partial charge in [-0.25, -0.2) is 4.98 Å². The van der Waals surface area contributed by atoms with Crippen molar-refractivity contribution in [3.05, 3.63) is 16.1 Å². The Bertz CT molecular complexity index is 277. The molecule has 1 aromatic rings. The van der Waals surface area contributed by atoms with Gasteiger partial charge in [-0.15, -0.1) is 11.3 Å². The topological polar surface area (TPSA) is 38.9 Å². The number of aromatic nitrogens is 1. The maximum Gasteiger partial charge on any atom is 0.0929 e. The first-order chi connectivity index (χ1) is 6.66. The first-order valence-electron chi connectivity index (χ1n) is 5.40. The first kappa shape index (κ1) is 11.7. The summed E-state index contributed by atoms with van der Waals surface area (Å²) in [5.74, 6) is 0. The van der Waals surface area contributed by atoms with Crippen LogP contribution in [-0.2, 0) is 12.0 Å². The predicted molar refractivity (Wildman–Crippen MR) is 62.6 cm³/mol. The van der Waals surface area contributed by atoms with Crippen LogP contribution in [0.2, 0.25) is 0 Å². The molecular formula is C11H20N2S. The number of hydrogen-bond acceptors (Lipinski definition) is 3. The van der Waals surface area contributed by atoms with Crippen LogP contribution in [0.25, 0.3) is 0 Å². The molecule has 0 fully saturated rings. The van der Waals surface area contributed by atoms with Crippen molar-refractivity contribution in [3.8, 4) is 0 Å². The molecule has 0 aliphatic carbocycles. The zero-order valence-electron chi connectivity index (χ0n) is 9.34. The summed E-state index contributed by atoms with van der Waals surface area (Å²) in [6.07, 6.45) is 4.15. The first-order valence-corrected chi connectivity index (χ1v) is 6.28. The average Bonchev–Trinajstić information content (AvgIpc) is 2.66. The molecule has 14 heavy (non-hydrogen) atoms. The molecule has 0 aliphatic rings. The number of rotatable bonds is 5. The van der Waals surface area contributed by atoms with Gasteiger partial charge >= 0.3 is 0 Å². The quantitative estimate of drug-likeness (QED) is 0.814. The molecule has 0 radical (unpaired) electrons. The summed E-state index contributed by atoms with van der Waals surface area (Å²) in [4.78, 5) is 4.61. The minimum atomic E-state index is -0.206. The average molecular weight is 212 g/mol. The molecular weight excluding hydrogens is 192 g/mol. The van der Waals surface area contributed by atoms with E-state index in [1.807, 2.05) is 0 Å². The van der Waals surface area contributed by atoms with Crippen molar-refractivity contribution in [2.45, 2.75) is 52.0 Å². The molecule has 80 valence electrons. The molecule has 2 N–H and O–H groups in total. The zero-order valence-corrected chi connectivity index (χ0v) is 10.2. The third-order valence-corrected chi connectivity index (χ3v) is 3.70. The van der Waals surface area contributed by atoms with Gasteiger partial charge < -0.3 is 5.73 Å². The van der Waals surface area contributed by atoms with E-state index < -0.39 is 0 Å². The fourth-order valence-corrected chi connectivity index (χ4v) is 2.49. The summed E-state index contributed by atoms with van der Waals surface area (Å²) in [6.45, 7) is 6.43. The van der Waals surface area contributed by atoms with Crippen LogP contribution in [0.1, 0.15) is 50.7 Å². The molecule has 0 spiro atoms. The minimum absolute atomic E-state index is 0.206. The van der Waals surface area contributed by atoms with Crippen LogP contribution < -0.4 is 5.73 Å². The summed E-state index contributed by atoms with van der Waals surface area (Å²) >= 11 is 1.74. The van der Waals surface area contributed by atoms with Crippen LogP contribution >= 0.6 is 11.3 Å². The van der Waals surface area contributed by atoms with Gasteiger partial charge in [0.2, 0.25) is 0 Å². The summed E-state index contributed by atoms with van der Waals surface area (Å²) in [7, 11) is 0. The standard InChI is InChI=1S/C11H20N2S/c1-4-7-10-13-9(8-14-10)11(12,5-2)6-3/h8H,4-7,12H2,1-3H3. The molecule has 0 atom stereocenters. The van der Waals surface area contributed by atoms with Crippen LogP contribution in [0.4, 0.5) is 0 Å². The smallest absolute Gasteiger partial charge is 0.0929 e. The van der Waals surface area contributed by atoms with Gasteiger partial charge in [-0.05, 0) is 25.7 Å². The van der Waals surface area contributed by atoms with E-state index in [9.17, 15) is 0 Å². The second kappa shape index (κ2) is 4.89. The molecule has 0 aliphatic heterocycles. The van der Waals surface area contributed by atoms with Crippen molar-refractivity contribution >= 4 is 11.3 Å². The third-order valence-electron chi connectivity index (χ3n) is 2.79.